The van der Waals surface area contributed by atoms with Gasteiger partial charge in [0.25, 0.3) is 17.5 Å². The first-order valence-corrected chi connectivity index (χ1v) is 13.2. The molecule has 1 heterocycles. The number of non-ortho nitro benzene ring substituents is 1. The number of nitrogens with zero attached hydrogens (tertiary/aromatic N) is 2. The number of ether oxygens (including phenoxy) is 1. The highest BCUT2D eigenvalue weighted by Gasteiger charge is 2.37. The molecular weight excluding hydrogens is 622 g/mol. The second kappa shape index (κ2) is 10.8. The summed E-state index contributed by atoms with van der Waals surface area (Å²) in [4.78, 5) is 48.8. The molecule has 1 saturated heterocycles. The Morgan fingerprint density at radius 3 is 2.28 bits per heavy atom. The van der Waals surface area contributed by atoms with Gasteiger partial charge in [-0.25, -0.2) is 9.69 Å². The molecule has 1 aliphatic rings. The van der Waals surface area contributed by atoms with Crippen LogP contribution in [0.15, 0.2) is 75.6 Å². The standard InChI is InChI=1S/C24H15BrClN3O9S/c1-37-20-12-13(11-19(25)21(20)38-39(35,36)17-8-2-14(26)3-9-17)10-18-22(30)27-24(32)28(23(18)31)15-4-6-16(7-5-15)29(33)34/h2-12H,1H3,(H,27,30,32)/b18-10+. The van der Waals surface area contributed by atoms with Crippen LogP contribution in [0.5, 0.6) is 11.5 Å². The predicted molar refractivity (Wildman–Crippen MR) is 142 cm³/mol. The third kappa shape index (κ3) is 5.77. The number of carbonyl (C=O) groups excluding carboxylic acids is 3. The van der Waals surface area contributed by atoms with E-state index in [1.54, 1.807) is 0 Å². The van der Waals surface area contributed by atoms with E-state index in [9.17, 15) is 32.9 Å². The van der Waals surface area contributed by atoms with Crippen molar-refractivity contribution in [2.45, 2.75) is 4.90 Å². The van der Waals surface area contributed by atoms with E-state index in [0.717, 1.165) is 18.2 Å². The molecule has 0 spiro atoms. The van der Waals surface area contributed by atoms with Crippen molar-refractivity contribution in [1.82, 2.24) is 5.32 Å². The fourth-order valence-electron chi connectivity index (χ4n) is 3.45. The monoisotopic (exact) mass is 635 g/mol. The third-order valence-electron chi connectivity index (χ3n) is 5.28. The van der Waals surface area contributed by atoms with Crippen LogP contribution in [0, 0.1) is 10.1 Å². The van der Waals surface area contributed by atoms with Gasteiger partial charge in [-0.3, -0.25) is 25.0 Å². The van der Waals surface area contributed by atoms with Crippen molar-refractivity contribution in [2.75, 3.05) is 12.0 Å². The molecule has 0 unspecified atom stereocenters. The number of urea groups is 1. The molecule has 0 saturated carbocycles. The summed E-state index contributed by atoms with van der Waals surface area (Å²) in [5.74, 6) is -2.22. The van der Waals surface area contributed by atoms with Crippen molar-refractivity contribution in [3.8, 4) is 11.5 Å². The number of nitrogens with one attached hydrogen (secondary N) is 1. The van der Waals surface area contributed by atoms with Crippen LogP contribution >= 0.6 is 27.5 Å². The molecule has 0 atom stereocenters. The van der Waals surface area contributed by atoms with Gasteiger partial charge in [-0.1, -0.05) is 11.6 Å². The summed E-state index contributed by atoms with van der Waals surface area (Å²) in [5.41, 5.74) is -0.486. The molecule has 1 N–H and O–H groups in total. The van der Waals surface area contributed by atoms with Crippen LogP contribution in [0.3, 0.4) is 0 Å². The number of anilines is 1. The molecule has 3 aromatic carbocycles. The van der Waals surface area contributed by atoms with Crippen LogP contribution in [0.25, 0.3) is 6.08 Å². The fraction of sp³-hybridized carbons (Fsp3) is 0.0417. The molecular formula is C24H15BrClN3O9S. The van der Waals surface area contributed by atoms with Crippen molar-refractivity contribution in [2.24, 2.45) is 0 Å². The lowest BCUT2D eigenvalue weighted by atomic mass is 10.1. The van der Waals surface area contributed by atoms with Gasteiger partial charge in [-0.2, -0.15) is 8.42 Å². The van der Waals surface area contributed by atoms with Crippen molar-refractivity contribution in [1.29, 1.82) is 0 Å². The van der Waals surface area contributed by atoms with Gasteiger partial charge >= 0.3 is 16.1 Å². The maximum atomic E-state index is 13.1. The number of halogens is 2. The van der Waals surface area contributed by atoms with E-state index in [0.29, 0.717) is 9.92 Å². The van der Waals surface area contributed by atoms with Crippen molar-refractivity contribution in [3.63, 3.8) is 0 Å². The highest BCUT2D eigenvalue weighted by atomic mass is 79.9. The van der Waals surface area contributed by atoms with E-state index < -0.39 is 38.5 Å². The second-order valence-electron chi connectivity index (χ2n) is 7.76. The summed E-state index contributed by atoms with van der Waals surface area (Å²) < 4.78 is 36.2. The number of nitro groups is 1. The number of amides is 4. The molecule has 4 rings (SSSR count). The fourth-order valence-corrected chi connectivity index (χ4v) is 5.18. The number of hydrogen-bond acceptors (Lipinski definition) is 9. The molecule has 0 bridgehead atoms. The molecule has 200 valence electrons. The minimum Gasteiger partial charge on any atom is -0.493 e. The second-order valence-corrected chi connectivity index (χ2v) is 10.6. The Morgan fingerprint density at radius 1 is 1.05 bits per heavy atom. The van der Waals surface area contributed by atoms with Crippen LogP contribution in [0.2, 0.25) is 5.02 Å². The van der Waals surface area contributed by atoms with E-state index in [1.165, 1.54) is 55.6 Å². The molecule has 0 radical (unpaired) electrons. The topological polar surface area (TPSA) is 162 Å². The summed E-state index contributed by atoms with van der Waals surface area (Å²) >= 11 is 9.04. The summed E-state index contributed by atoms with van der Waals surface area (Å²) in [5, 5.41) is 13.3. The van der Waals surface area contributed by atoms with Crippen LogP contribution < -0.4 is 19.1 Å². The van der Waals surface area contributed by atoms with Crippen molar-refractivity contribution >= 4 is 72.9 Å². The van der Waals surface area contributed by atoms with E-state index in [4.69, 9.17) is 20.5 Å². The Hall–Kier alpha value is -4.27. The SMILES string of the molecule is COc1cc(/C=C2\C(=O)NC(=O)N(c3ccc([N+](=O)[O-])cc3)C2=O)cc(Br)c1OS(=O)(=O)c1ccc(Cl)cc1. The first kappa shape index (κ1) is 27.8. The molecule has 3 aromatic rings. The van der Waals surface area contributed by atoms with E-state index in [2.05, 4.69) is 15.9 Å². The van der Waals surface area contributed by atoms with E-state index in [1.807, 2.05) is 5.32 Å². The van der Waals surface area contributed by atoms with Crippen LogP contribution in [-0.2, 0) is 19.7 Å². The molecule has 0 aliphatic carbocycles. The van der Waals surface area contributed by atoms with Crippen LogP contribution in [0.1, 0.15) is 5.56 Å². The van der Waals surface area contributed by atoms with Gasteiger partial charge in [0.15, 0.2) is 11.5 Å². The predicted octanol–water partition coefficient (Wildman–Crippen LogP) is 4.45. The van der Waals surface area contributed by atoms with Crippen molar-refractivity contribution < 1.29 is 36.6 Å². The highest BCUT2D eigenvalue weighted by Crippen LogP contribution is 2.39. The van der Waals surface area contributed by atoms with E-state index >= 15 is 0 Å². The zero-order valence-electron chi connectivity index (χ0n) is 19.6. The Bertz CT molecular complexity index is 1660. The Kier molecular flexibility index (Phi) is 7.72. The molecule has 1 fully saturated rings. The Balaban J connectivity index is 1.68. The summed E-state index contributed by atoms with van der Waals surface area (Å²) in [7, 11) is -3.03. The number of carbonyl (C=O) groups is 3. The number of methoxy groups -OCH3 is 1. The Labute approximate surface area is 234 Å². The molecule has 4 amide bonds. The van der Waals surface area contributed by atoms with E-state index in [-0.39, 0.29) is 37.8 Å². The Morgan fingerprint density at radius 2 is 1.69 bits per heavy atom. The van der Waals surface area contributed by atoms with Gasteiger partial charge in [0.05, 0.1) is 22.2 Å². The van der Waals surface area contributed by atoms with Gasteiger partial charge in [0.1, 0.15) is 10.5 Å². The lowest BCUT2D eigenvalue weighted by molar-refractivity contribution is -0.384. The smallest absolute Gasteiger partial charge is 0.339 e. The normalized spacial score (nSPS) is 14.8. The first-order chi connectivity index (χ1) is 18.4. The molecule has 1 aliphatic heterocycles. The first-order valence-electron chi connectivity index (χ1n) is 10.6. The highest BCUT2D eigenvalue weighted by molar-refractivity contribution is 9.10. The van der Waals surface area contributed by atoms with Gasteiger partial charge in [0.2, 0.25) is 0 Å². The summed E-state index contributed by atoms with van der Waals surface area (Å²) in [6.45, 7) is 0. The quantitative estimate of drug-likeness (QED) is 0.130. The number of nitro benzene ring substituents is 1. The molecule has 0 aromatic heterocycles. The van der Waals surface area contributed by atoms with Gasteiger partial charge in [-0.05, 0) is 76.1 Å². The minimum absolute atomic E-state index is 0.00332. The maximum absolute atomic E-state index is 13.1. The number of imide groups is 2. The molecule has 12 nitrogen and oxygen atoms in total. The largest absolute Gasteiger partial charge is 0.493 e. The van der Waals surface area contributed by atoms with Gasteiger partial charge in [0, 0.05) is 17.2 Å². The van der Waals surface area contributed by atoms with Gasteiger partial charge < -0.3 is 8.92 Å². The lowest BCUT2D eigenvalue weighted by Crippen LogP contribution is -2.54. The zero-order chi connectivity index (χ0) is 28.5. The summed E-state index contributed by atoms with van der Waals surface area (Å²) in [6.07, 6.45) is 1.16. The number of benzene rings is 3. The molecule has 15 heteroatoms. The average Bonchev–Trinajstić information content (AvgIpc) is 2.88. The van der Waals surface area contributed by atoms with Crippen LogP contribution in [0.4, 0.5) is 16.2 Å². The average molecular weight is 637 g/mol. The minimum atomic E-state index is -4.28. The third-order valence-corrected chi connectivity index (χ3v) is 7.36. The van der Waals surface area contributed by atoms with Crippen molar-refractivity contribution in [3.05, 3.63) is 91.4 Å². The zero-order valence-corrected chi connectivity index (χ0v) is 22.7. The number of hydrogen-bond donors (Lipinski definition) is 1. The summed E-state index contributed by atoms with van der Waals surface area (Å²) in [6, 6.07) is 11.5. The van der Waals surface area contributed by atoms with Gasteiger partial charge in [-0.15, -0.1) is 0 Å². The number of barbiturate groups is 1. The number of rotatable bonds is 7. The maximum Gasteiger partial charge on any atom is 0.339 e. The molecule has 39 heavy (non-hydrogen) atoms. The lowest BCUT2D eigenvalue weighted by Gasteiger charge is -2.26. The van der Waals surface area contributed by atoms with Crippen LogP contribution in [-0.4, -0.2) is 38.3 Å².